The summed E-state index contributed by atoms with van der Waals surface area (Å²) < 4.78 is 10.4. The van der Waals surface area contributed by atoms with Gasteiger partial charge in [-0.25, -0.2) is 0 Å². The van der Waals surface area contributed by atoms with Gasteiger partial charge >= 0.3 is 0 Å². The van der Waals surface area contributed by atoms with Crippen LogP contribution in [0.5, 0.6) is 0 Å². The normalized spacial score (nSPS) is 28.4. The van der Waals surface area contributed by atoms with E-state index in [-0.39, 0.29) is 0 Å². The third kappa shape index (κ3) is 1.65. The van der Waals surface area contributed by atoms with E-state index < -0.39 is 0 Å². The molecule has 4 heteroatoms. The van der Waals surface area contributed by atoms with Crippen LogP contribution in [-0.4, -0.2) is 17.3 Å². The number of hydrogen-bond donors (Lipinski definition) is 1. The van der Waals surface area contributed by atoms with Gasteiger partial charge in [0.2, 0.25) is 0 Å². The molecule has 0 bridgehead atoms. The SMILES string of the molecule is NC1CC(OCc2ccno2)C1. The van der Waals surface area contributed by atoms with Gasteiger partial charge in [-0.2, -0.15) is 0 Å². The molecule has 0 atom stereocenters. The zero-order valence-electron chi connectivity index (χ0n) is 6.77. The number of hydrogen-bond acceptors (Lipinski definition) is 4. The Hall–Kier alpha value is -0.870. The summed E-state index contributed by atoms with van der Waals surface area (Å²) in [5.41, 5.74) is 5.60. The minimum absolute atomic E-state index is 0.324. The Bertz CT molecular complexity index is 229. The Labute approximate surface area is 70.7 Å². The first kappa shape index (κ1) is 7.76. The molecule has 12 heavy (non-hydrogen) atoms. The van der Waals surface area contributed by atoms with Crippen LogP contribution >= 0.6 is 0 Å². The summed E-state index contributed by atoms with van der Waals surface area (Å²) in [5.74, 6) is 0.774. The number of rotatable bonds is 3. The van der Waals surface area contributed by atoms with Crippen molar-refractivity contribution >= 4 is 0 Å². The van der Waals surface area contributed by atoms with Crippen LogP contribution in [0.4, 0.5) is 0 Å². The molecule has 1 heterocycles. The molecule has 0 aliphatic heterocycles. The van der Waals surface area contributed by atoms with Gasteiger partial charge in [0.05, 0.1) is 12.3 Å². The van der Waals surface area contributed by atoms with Gasteiger partial charge in [0, 0.05) is 12.1 Å². The van der Waals surface area contributed by atoms with E-state index in [0.29, 0.717) is 18.8 Å². The average Bonchev–Trinajstić information content (AvgIpc) is 2.47. The van der Waals surface area contributed by atoms with Gasteiger partial charge in [-0.3, -0.25) is 0 Å². The van der Waals surface area contributed by atoms with E-state index in [1.54, 1.807) is 12.3 Å². The standard InChI is InChI=1S/C8H12N2O2/c9-6-3-8(4-6)11-5-7-1-2-10-12-7/h1-2,6,8H,3-5,9H2. The average molecular weight is 168 g/mol. The maximum Gasteiger partial charge on any atom is 0.162 e. The van der Waals surface area contributed by atoms with Gasteiger partial charge in [-0.1, -0.05) is 5.16 Å². The maximum atomic E-state index is 5.60. The van der Waals surface area contributed by atoms with Crippen molar-refractivity contribution in [2.24, 2.45) is 5.73 Å². The van der Waals surface area contributed by atoms with Crippen molar-refractivity contribution in [1.82, 2.24) is 5.16 Å². The molecule has 1 saturated carbocycles. The first-order chi connectivity index (χ1) is 5.84. The highest BCUT2D eigenvalue weighted by atomic mass is 16.5. The molecule has 0 unspecified atom stereocenters. The fourth-order valence-corrected chi connectivity index (χ4v) is 1.26. The summed E-state index contributed by atoms with van der Waals surface area (Å²) >= 11 is 0. The Morgan fingerprint density at radius 3 is 3.08 bits per heavy atom. The van der Waals surface area contributed by atoms with E-state index in [1.165, 1.54) is 0 Å². The van der Waals surface area contributed by atoms with Crippen LogP contribution in [0.1, 0.15) is 18.6 Å². The molecule has 4 nitrogen and oxygen atoms in total. The minimum atomic E-state index is 0.324. The second kappa shape index (κ2) is 3.25. The van der Waals surface area contributed by atoms with Crippen molar-refractivity contribution in [2.45, 2.75) is 31.6 Å². The predicted molar refractivity (Wildman–Crippen MR) is 42.3 cm³/mol. The smallest absolute Gasteiger partial charge is 0.162 e. The molecule has 2 rings (SSSR count). The second-order valence-electron chi connectivity index (χ2n) is 3.14. The molecule has 1 aromatic heterocycles. The lowest BCUT2D eigenvalue weighted by Crippen LogP contribution is -2.41. The van der Waals surface area contributed by atoms with Crippen LogP contribution in [0.3, 0.4) is 0 Å². The van der Waals surface area contributed by atoms with Crippen molar-refractivity contribution in [2.75, 3.05) is 0 Å². The Morgan fingerprint density at radius 1 is 1.67 bits per heavy atom. The van der Waals surface area contributed by atoms with Crippen molar-refractivity contribution in [1.29, 1.82) is 0 Å². The zero-order chi connectivity index (χ0) is 8.39. The van der Waals surface area contributed by atoms with E-state index in [2.05, 4.69) is 5.16 Å². The monoisotopic (exact) mass is 168 g/mol. The van der Waals surface area contributed by atoms with Gasteiger partial charge in [-0.05, 0) is 12.8 Å². The predicted octanol–water partition coefficient (Wildman–Crippen LogP) is 0.681. The zero-order valence-corrected chi connectivity index (χ0v) is 6.77. The highest BCUT2D eigenvalue weighted by Gasteiger charge is 2.26. The Morgan fingerprint density at radius 2 is 2.50 bits per heavy atom. The third-order valence-corrected chi connectivity index (χ3v) is 2.08. The fraction of sp³-hybridized carbons (Fsp3) is 0.625. The lowest BCUT2D eigenvalue weighted by atomic mass is 9.90. The molecule has 1 aromatic rings. The third-order valence-electron chi connectivity index (χ3n) is 2.08. The molecule has 0 saturated heterocycles. The topological polar surface area (TPSA) is 61.3 Å². The molecular weight excluding hydrogens is 156 g/mol. The first-order valence-corrected chi connectivity index (χ1v) is 4.11. The number of ether oxygens (including phenoxy) is 1. The maximum absolute atomic E-state index is 5.60. The van der Waals surface area contributed by atoms with Crippen LogP contribution in [-0.2, 0) is 11.3 Å². The molecule has 66 valence electrons. The van der Waals surface area contributed by atoms with Gasteiger partial charge in [-0.15, -0.1) is 0 Å². The quantitative estimate of drug-likeness (QED) is 0.721. The molecule has 0 amide bonds. The molecule has 0 aromatic carbocycles. The van der Waals surface area contributed by atoms with E-state index in [0.717, 1.165) is 18.6 Å². The van der Waals surface area contributed by atoms with E-state index in [1.807, 2.05) is 0 Å². The Kier molecular flexibility index (Phi) is 2.10. The van der Waals surface area contributed by atoms with E-state index >= 15 is 0 Å². The second-order valence-corrected chi connectivity index (χ2v) is 3.14. The van der Waals surface area contributed by atoms with Crippen molar-refractivity contribution in [3.05, 3.63) is 18.0 Å². The lowest BCUT2D eigenvalue weighted by molar-refractivity contribution is -0.0268. The van der Waals surface area contributed by atoms with Gasteiger partial charge in [0.25, 0.3) is 0 Å². The van der Waals surface area contributed by atoms with Crippen molar-refractivity contribution < 1.29 is 9.26 Å². The van der Waals surface area contributed by atoms with Gasteiger partial charge in [0.15, 0.2) is 5.76 Å². The highest BCUT2D eigenvalue weighted by molar-refractivity contribution is 4.91. The summed E-state index contributed by atoms with van der Waals surface area (Å²) in [6.45, 7) is 0.511. The molecule has 1 aliphatic rings. The van der Waals surface area contributed by atoms with Crippen molar-refractivity contribution in [3.63, 3.8) is 0 Å². The molecule has 2 N–H and O–H groups in total. The Balaban J connectivity index is 1.70. The first-order valence-electron chi connectivity index (χ1n) is 4.11. The van der Waals surface area contributed by atoms with Crippen LogP contribution < -0.4 is 5.73 Å². The fourth-order valence-electron chi connectivity index (χ4n) is 1.26. The van der Waals surface area contributed by atoms with Crippen LogP contribution in [0.25, 0.3) is 0 Å². The van der Waals surface area contributed by atoms with E-state index in [4.69, 9.17) is 15.0 Å². The largest absolute Gasteiger partial charge is 0.370 e. The summed E-state index contributed by atoms with van der Waals surface area (Å²) in [6.07, 6.45) is 3.87. The number of nitrogens with two attached hydrogens (primary N) is 1. The number of nitrogens with zero attached hydrogens (tertiary/aromatic N) is 1. The van der Waals surface area contributed by atoms with Crippen molar-refractivity contribution in [3.8, 4) is 0 Å². The van der Waals surface area contributed by atoms with Crippen LogP contribution in [0.2, 0.25) is 0 Å². The minimum Gasteiger partial charge on any atom is -0.370 e. The molecule has 0 radical (unpaired) electrons. The molecular formula is C8H12N2O2. The summed E-state index contributed by atoms with van der Waals surface area (Å²) in [7, 11) is 0. The lowest BCUT2D eigenvalue weighted by Gasteiger charge is -2.31. The van der Waals surface area contributed by atoms with Gasteiger partial charge < -0.3 is 15.0 Å². The van der Waals surface area contributed by atoms with Gasteiger partial charge in [0.1, 0.15) is 6.61 Å². The highest BCUT2D eigenvalue weighted by Crippen LogP contribution is 2.22. The molecule has 1 fully saturated rings. The molecule has 0 spiro atoms. The summed E-state index contributed by atoms with van der Waals surface area (Å²) in [6, 6.07) is 2.14. The van der Waals surface area contributed by atoms with Crippen LogP contribution in [0.15, 0.2) is 16.8 Å². The summed E-state index contributed by atoms with van der Waals surface area (Å²) in [5, 5.41) is 3.58. The van der Waals surface area contributed by atoms with E-state index in [9.17, 15) is 0 Å². The van der Waals surface area contributed by atoms with Crippen LogP contribution in [0, 0.1) is 0 Å². The number of aromatic nitrogens is 1. The molecule has 1 aliphatic carbocycles. The summed E-state index contributed by atoms with van der Waals surface area (Å²) in [4.78, 5) is 0.